The van der Waals surface area contributed by atoms with Gasteiger partial charge in [-0.15, -0.1) is 0 Å². The van der Waals surface area contributed by atoms with Crippen molar-refractivity contribution in [2.24, 2.45) is 5.92 Å². The number of aromatic nitrogens is 3. The summed E-state index contributed by atoms with van der Waals surface area (Å²) >= 11 is 0. The second-order valence-corrected chi connectivity index (χ2v) is 5.46. The fourth-order valence-corrected chi connectivity index (χ4v) is 1.66. The van der Waals surface area contributed by atoms with Crippen molar-refractivity contribution in [3.8, 4) is 0 Å². The molecule has 1 aromatic rings. The molecular formula is C13H24N6O3. The van der Waals surface area contributed by atoms with Gasteiger partial charge in [-0.05, 0) is 19.8 Å². The molecular weight excluding hydrogens is 288 g/mol. The topological polar surface area (TPSA) is 132 Å². The van der Waals surface area contributed by atoms with Gasteiger partial charge in [-0.1, -0.05) is 13.8 Å². The molecule has 0 radical (unpaired) electrons. The Labute approximate surface area is 129 Å². The van der Waals surface area contributed by atoms with Gasteiger partial charge in [-0.3, -0.25) is 0 Å². The third kappa shape index (κ3) is 5.68. The number of hydrogen-bond donors (Lipinski definition) is 5. The van der Waals surface area contributed by atoms with Crippen LogP contribution in [0.1, 0.15) is 27.7 Å². The zero-order chi connectivity index (χ0) is 16.7. The maximum absolute atomic E-state index is 11.3. The predicted octanol–water partition coefficient (Wildman–Crippen LogP) is 0.617. The first-order valence-corrected chi connectivity index (χ1v) is 7.20. The summed E-state index contributed by atoms with van der Waals surface area (Å²) in [6.45, 7) is 7.69. The fourth-order valence-electron chi connectivity index (χ4n) is 1.66. The minimum atomic E-state index is -0.973. The number of hydrogen-bond acceptors (Lipinski definition) is 8. The highest BCUT2D eigenvalue weighted by Gasteiger charge is 2.22. The molecule has 124 valence electrons. The summed E-state index contributed by atoms with van der Waals surface area (Å²) in [4.78, 5) is 23.7. The smallest absolute Gasteiger partial charge is 0.326 e. The first-order valence-electron chi connectivity index (χ1n) is 7.20. The van der Waals surface area contributed by atoms with Gasteiger partial charge in [-0.2, -0.15) is 15.0 Å². The van der Waals surface area contributed by atoms with E-state index in [9.17, 15) is 9.90 Å². The molecule has 0 aliphatic carbocycles. The number of nitrogens with zero attached hydrogens (tertiary/aromatic N) is 3. The zero-order valence-electron chi connectivity index (χ0n) is 13.3. The van der Waals surface area contributed by atoms with E-state index in [1.807, 2.05) is 13.8 Å². The lowest BCUT2D eigenvalue weighted by Gasteiger charge is -2.19. The second-order valence-electron chi connectivity index (χ2n) is 5.46. The average Bonchev–Trinajstić information content (AvgIpc) is 2.41. The molecule has 0 amide bonds. The van der Waals surface area contributed by atoms with Crippen molar-refractivity contribution in [3.05, 3.63) is 0 Å². The minimum Gasteiger partial charge on any atom is -0.480 e. The normalized spacial score (nSPS) is 12.3. The molecule has 0 unspecified atom stereocenters. The molecule has 0 aliphatic heterocycles. The van der Waals surface area contributed by atoms with Crippen LogP contribution in [0.2, 0.25) is 0 Å². The SMILES string of the molecule is CC(C)Nc1nc(NCCO)nc(N[C@H](C(=O)O)C(C)C)n1. The summed E-state index contributed by atoms with van der Waals surface area (Å²) in [5, 5.41) is 26.8. The van der Waals surface area contributed by atoms with Gasteiger partial charge in [0.15, 0.2) is 0 Å². The number of anilines is 3. The van der Waals surface area contributed by atoms with E-state index in [0.717, 1.165) is 0 Å². The van der Waals surface area contributed by atoms with Crippen molar-refractivity contribution in [1.82, 2.24) is 15.0 Å². The zero-order valence-corrected chi connectivity index (χ0v) is 13.3. The van der Waals surface area contributed by atoms with Crippen molar-refractivity contribution < 1.29 is 15.0 Å². The predicted molar refractivity (Wildman–Crippen MR) is 84.0 cm³/mol. The maximum Gasteiger partial charge on any atom is 0.326 e. The number of aliphatic hydroxyl groups is 1. The van der Waals surface area contributed by atoms with Crippen LogP contribution in [0.5, 0.6) is 0 Å². The third-order valence-corrected chi connectivity index (χ3v) is 2.67. The highest BCUT2D eigenvalue weighted by atomic mass is 16.4. The Kier molecular flexibility index (Phi) is 6.77. The van der Waals surface area contributed by atoms with Gasteiger partial charge in [0.2, 0.25) is 17.8 Å². The largest absolute Gasteiger partial charge is 0.480 e. The van der Waals surface area contributed by atoms with E-state index in [1.165, 1.54) is 0 Å². The molecule has 0 aliphatic rings. The van der Waals surface area contributed by atoms with E-state index < -0.39 is 12.0 Å². The van der Waals surface area contributed by atoms with Crippen LogP contribution in [0.3, 0.4) is 0 Å². The van der Waals surface area contributed by atoms with E-state index in [-0.39, 0.29) is 37.0 Å². The van der Waals surface area contributed by atoms with Gasteiger partial charge in [-0.25, -0.2) is 4.79 Å². The number of carbonyl (C=O) groups is 1. The van der Waals surface area contributed by atoms with Crippen molar-refractivity contribution in [3.63, 3.8) is 0 Å². The Balaban J connectivity index is 3.02. The summed E-state index contributed by atoms with van der Waals surface area (Å²) < 4.78 is 0. The second kappa shape index (κ2) is 8.32. The molecule has 9 heteroatoms. The van der Waals surface area contributed by atoms with E-state index in [4.69, 9.17) is 5.11 Å². The third-order valence-electron chi connectivity index (χ3n) is 2.67. The van der Waals surface area contributed by atoms with Crippen LogP contribution in [0.15, 0.2) is 0 Å². The van der Waals surface area contributed by atoms with E-state index >= 15 is 0 Å². The lowest BCUT2D eigenvalue weighted by molar-refractivity contribution is -0.138. The Hall–Kier alpha value is -2.16. The summed E-state index contributed by atoms with van der Waals surface area (Å²) in [5.41, 5.74) is 0. The van der Waals surface area contributed by atoms with Crippen molar-refractivity contribution in [2.75, 3.05) is 29.1 Å². The average molecular weight is 312 g/mol. The van der Waals surface area contributed by atoms with Crippen molar-refractivity contribution in [1.29, 1.82) is 0 Å². The van der Waals surface area contributed by atoms with Gasteiger partial charge < -0.3 is 26.2 Å². The number of aliphatic hydroxyl groups excluding tert-OH is 1. The molecule has 0 bridgehead atoms. The van der Waals surface area contributed by atoms with Gasteiger partial charge >= 0.3 is 5.97 Å². The van der Waals surface area contributed by atoms with Crippen LogP contribution in [0.25, 0.3) is 0 Å². The summed E-state index contributed by atoms with van der Waals surface area (Å²) in [6.07, 6.45) is 0. The number of nitrogens with one attached hydrogen (secondary N) is 3. The lowest BCUT2D eigenvalue weighted by Crippen LogP contribution is -2.35. The molecule has 1 heterocycles. The van der Waals surface area contributed by atoms with Crippen LogP contribution in [-0.2, 0) is 4.79 Å². The molecule has 1 aromatic heterocycles. The maximum atomic E-state index is 11.3. The monoisotopic (exact) mass is 312 g/mol. The van der Waals surface area contributed by atoms with Gasteiger partial charge in [0, 0.05) is 12.6 Å². The van der Waals surface area contributed by atoms with E-state index in [0.29, 0.717) is 5.95 Å². The molecule has 1 rings (SSSR count). The first kappa shape index (κ1) is 17.9. The Morgan fingerprint density at radius 3 is 2.05 bits per heavy atom. The Morgan fingerprint density at radius 2 is 1.59 bits per heavy atom. The molecule has 0 aromatic carbocycles. The van der Waals surface area contributed by atoms with Gasteiger partial charge in [0.25, 0.3) is 0 Å². The summed E-state index contributed by atoms with van der Waals surface area (Å²) in [6, 6.07) is -0.693. The molecule has 22 heavy (non-hydrogen) atoms. The van der Waals surface area contributed by atoms with Crippen LogP contribution >= 0.6 is 0 Å². The first-order chi connectivity index (χ1) is 10.3. The molecule has 1 atom stereocenters. The Bertz CT molecular complexity index is 495. The number of carboxylic acid groups (broad SMARTS) is 1. The van der Waals surface area contributed by atoms with Crippen molar-refractivity contribution >= 4 is 23.8 Å². The minimum absolute atomic E-state index is 0.0644. The highest BCUT2D eigenvalue weighted by Crippen LogP contribution is 2.14. The summed E-state index contributed by atoms with van der Waals surface area (Å²) in [7, 11) is 0. The van der Waals surface area contributed by atoms with Gasteiger partial charge in [0.1, 0.15) is 6.04 Å². The highest BCUT2D eigenvalue weighted by molar-refractivity contribution is 5.77. The number of rotatable bonds is 9. The summed E-state index contributed by atoms with van der Waals surface area (Å²) in [5.74, 6) is -0.341. The van der Waals surface area contributed by atoms with Crippen LogP contribution in [-0.4, -0.2) is 56.4 Å². The Morgan fingerprint density at radius 1 is 1.05 bits per heavy atom. The van der Waals surface area contributed by atoms with Crippen molar-refractivity contribution in [2.45, 2.75) is 39.8 Å². The lowest BCUT2D eigenvalue weighted by atomic mass is 10.1. The fraction of sp³-hybridized carbons (Fsp3) is 0.692. The molecule has 0 fully saturated rings. The van der Waals surface area contributed by atoms with E-state index in [2.05, 4.69) is 30.9 Å². The molecule has 5 N–H and O–H groups in total. The quantitative estimate of drug-likeness (QED) is 0.445. The number of carboxylic acids is 1. The molecule has 0 saturated heterocycles. The van der Waals surface area contributed by atoms with Gasteiger partial charge in [0.05, 0.1) is 6.61 Å². The molecule has 9 nitrogen and oxygen atoms in total. The van der Waals surface area contributed by atoms with E-state index in [1.54, 1.807) is 13.8 Å². The van der Waals surface area contributed by atoms with Crippen LogP contribution in [0, 0.1) is 5.92 Å². The molecule has 0 saturated carbocycles. The number of aliphatic carboxylic acids is 1. The van der Waals surface area contributed by atoms with Crippen LogP contribution in [0.4, 0.5) is 17.8 Å². The standard InChI is InChI=1S/C13H24N6O3/c1-7(2)9(10(21)22)16-13-18-11(14-5-6-20)17-12(19-13)15-8(3)4/h7-9,20H,5-6H2,1-4H3,(H,21,22)(H3,14,15,16,17,18,19)/t9-/m0/s1. The van der Waals surface area contributed by atoms with Crippen LogP contribution < -0.4 is 16.0 Å². The molecule has 0 spiro atoms.